The number of pyridine rings is 1. The molecule has 2 bridgehead atoms. The number of carbonyl (C=O) groups is 1. The van der Waals surface area contributed by atoms with Crippen LogP contribution in [0.5, 0.6) is 0 Å². The van der Waals surface area contributed by atoms with Crippen LogP contribution >= 0.6 is 0 Å². The lowest BCUT2D eigenvalue weighted by molar-refractivity contribution is -0.00342. The van der Waals surface area contributed by atoms with Crippen molar-refractivity contribution in [1.82, 2.24) is 29.8 Å². The van der Waals surface area contributed by atoms with E-state index in [1.807, 2.05) is 12.1 Å². The summed E-state index contributed by atoms with van der Waals surface area (Å²) < 4.78 is 1.58. The molecule has 0 radical (unpaired) electrons. The second-order valence-corrected chi connectivity index (χ2v) is 8.23. The molecule has 142 valence electrons. The Hall–Kier alpha value is -2.80. The number of hydrogen-bond donors (Lipinski definition) is 0. The Bertz CT molecular complexity index is 1030. The van der Waals surface area contributed by atoms with Gasteiger partial charge in [0.15, 0.2) is 5.65 Å². The summed E-state index contributed by atoms with van der Waals surface area (Å²) in [6, 6.07) is 15.1. The second kappa shape index (κ2) is 6.10. The summed E-state index contributed by atoms with van der Waals surface area (Å²) in [5.41, 5.74) is 2.65. The van der Waals surface area contributed by atoms with Crippen LogP contribution in [0.1, 0.15) is 34.7 Å². The van der Waals surface area contributed by atoms with Crippen molar-refractivity contribution in [3.05, 3.63) is 59.8 Å². The van der Waals surface area contributed by atoms with Crippen molar-refractivity contribution in [2.45, 2.75) is 30.8 Å². The minimum absolute atomic E-state index is 0.0968. The van der Waals surface area contributed by atoms with E-state index in [0.29, 0.717) is 35.1 Å². The van der Waals surface area contributed by atoms with Crippen LogP contribution in [0.4, 0.5) is 0 Å². The second-order valence-electron chi connectivity index (χ2n) is 8.23. The zero-order valence-corrected chi connectivity index (χ0v) is 15.6. The highest BCUT2D eigenvalue weighted by molar-refractivity contribution is 5.95. The van der Waals surface area contributed by atoms with E-state index < -0.39 is 0 Å². The van der Waals surface area contributed by atoms with Crippen LogP contribution in [-0.2, 0) is 0 Å². The third-order valence-electron chi connectivity index (χ3n) is 6.92. The van der Waals surface area contributed by atoms with Crippen molar-refractivity contribution in [3.8, 4) is 0 Å². The van der Waals surface area contributed by atoms with Crippen LogP contribution in [0.3, 0.4) is 0 Å². The summed E-state index contributed by atoms with van der Waals surface area (Å²) in [5.74, 6) is 1.07. The number of amides is 1. The number of aromatic nitrogens is 4. The zero-order chi connectivity index (χ0) is 18.7. The molecule has 7 nitrogen and oxygen atoms in total. The van der Waals surface area contributed by atoms with E-state index in [-0.39, 0.29) is 5.91 Å². The molecule has 4 aliphatic rings. The van der Waals surface area contributed by atoms with Crippen LogP contribution < -0.4 is 0 Å². The molecule has 4 aliphatic heterocycles. The fraction of sp³-hybridized carbons (Fsp3) is 0.429. The molecule has 0 aliphatic carbocycles. The first-order valence-electron chi connectivity index (χ1n) is 10.1. The number of piperidine rings is 3. The van der Waals surface area contributed by atoms with Gasteiger partial charge in [0.05, 0.1) is 11.6 Å². The molecular formula is C21H22N6O. The van der Waals surface area contributed by atoms with Crippen molar-refractivity contribution in [1.29, 1.82) is 0 Å². The van der Waals surface area contributed by atoms with Gasteiger partial charge in [-0.25, -0.2) is 0 Å². The van der Waals surface area contributed by atoms with Crippen molar-refractivity contribution < 1.29 is 4.79 Å². The molecule has 3 aromatic rings. The number of benzene rings is 1. The average Bonchev–Trinajstić information content (AvgIpc) is 3.40. The maximum atomic E-state index is 13.5. The standard InChI is InChI=1S/C21H22N6O/c28-21(16-6-7-18-22-23-24-27(18)12-16)26-13-17(14-4-2-1-3-5-14)20-19(26)15-8-10-25(20)11-9-15/h1-7,12,15,17,19-20H,8-11,13H2/t17-,19-,20-/m1/s1. The van der Waals surface area contributed by atoms with Crippen molar-refractivity contribution in [2.75, 3.05) is 19.6 Å². The quantitative estimate of drug-likeness (QED) is 0.685. The predicted molar refractivity (Wildman–Crippen MR) is 103 cm³/mol. The normalized spacial score (nSPS) is 31.3. The molecule has 28 heavy (non-hydrogen) atoms. The van der Waals surface area contributed by atoms with Gasteiger partial charge < -0.3 is 4.90 Å². The molecule has 4 fully saturated rings. The molecule has 7 rings (SSSR count). The molecule has 6 heterocycles. The number of tetrazole rings is 1. The van der Waals surface area contributed by atoms with E-state index in [4.69, 9.17) is 0 Å². The summed E-state index contributed by atoms with van der Waals surface area (Å²) >= 11 is 0. The van der Waals surface area contributed by atoms with Crippen LogP contribution in [0, 0.1) is 5.92 Å². The first kappa shape index (κ1) is 16.2. The van der Waals surface area contributed by atoms with Crippen LogP contribution in [-0.4, -0.2) is 67.5 Å². The van der Waals surface area contributed by atoms with Gasteiger partial charge in [-0.15, -0.1) is 5.10 Å². The summed E-state index contributed by atoms with van der Waals surface area (Å²) in [5, 5.41) is 11.6. The molecular weight excluding hydrogens is 352 g/mol. The first-order chi connectivity index (χ1) is 13.8. The maximum absolute atomic E-state index is 13.5. The fourth-order valence-corrected chi connectivity index (χ4v) is 5.68. The Balaban J connectivity index is 1.39. The van der Waals surface area contributed by atoms with Gasteiger partial charge in [-0.1, -0.05) is 30.3 Å². The molecule has 1 amide bonds. The Morgan fingerprint density at radius 2 is 1.82 bits per heavy atom. The lowest BCUT2D eigenvalue weighted by Crippen LogP contribution is -2.60. The topological polar surface area (TPSA) is 66.6 Å². The average molecular weight is 374 g/mol. The SMILES string of the molecule is O=C(c1ccc2nnnn2c1)N1C[C@H](c2ccccc2)[C@@H]2[C@H]1C1CCN2CC1. The molecule has 3 atom stereocenters. The monoisotopic (exact) mass is 374 g/mol. The van der Waals surface area contributed by atoms with E-state index in [1.165, 1.54) is 18.4 Å². The highest BCUT2D eigenvalue weighted by atomic mass is 16.2. The molecule has 1 aromatic carbocycles. The zero-order valence-electron chi connectivity index (χ0n) is 15.6. The molecule has 0 N–H and O–H groups in total. The molecule has 0 unspecified atom stereocenters. The summed E-state index contributed by atoms with van der Waals surface area (Å²) in [7, 11) is 0. The lowest BCUT2D eigenvalue weighted by atomic mass is 9.75. The number of likely N-dealkylation sites (tertiary alicyclic amines) is 1. The Kier molecular flexibility index (Phi) is 3.53. The summed E-state index contributed by atoms with van der Waals surface area (Å²) in [6.45, 7) is 3.10. The lowest BCUT2D eigenvalue weighted by Gasteiger charge is -2.51. The minimum atomic E-state index is 0.0968. The van der Waals surface area contributed by atoms with Crippen molar-refractivity contribution >= 4 is 11.6 Å². The molecule has 4 saturated heterocycles. The molecule has 7 heteroatoms. The van der Waals surface area contributed by atoms with Gasteiger partial charge in [0.25, 0.3) is 5.91 Å². The Morgan fingerprint density at radius 3 is 2.64 bits per heavy atom. The summed E-state index contributed by atoms with van der Waals surface area (Å²) in [4.78, 5) is 18.3. The number of carbonyl (C=O) groups excluding carboxylic acids is 1. The Morgan fingerprint density at radius 1 is 1.00 bits per heavy atom. The number of rotatable bonds is 2. The number of nitrogens with zero attached hydrogens (tertiary/aromatic N) is 6. The molecule has 0 spiro atoms. The number of hydrogen-bond acceptors (Lipinski definition) is 5. The van der Waals surface area contributed by atoms with E-state index in [0.717, 1.165) is 19.6 Å². The fourth-order valence-electron chi connectivity index (χ4n) is 5.68. The van der Waals surface area contributed by atoms with Gasteiger partial charge >= 0.3 is 0 Å². The van der Waals surface area contributed by atoms with Gasteiger partial charge in [-0.05, 0) is 60.0 Å². The highest BCUT2D eigenvalue weighted by Crippen LogP contribution is 2.46. The van der Waals surface area contributed by atoms with Crippen molar-refractivity contribution in [3.63, 3.8) is 0 Å². The minimum Gasteiger partial charge on any atom is -0.333 e. The van der Waals surface area contributed by atoms with Gasteiger partial charge in [-0.3, -0.25) is 9.69 Å². The van der Waals surface area contributed by atoms with E-state index in [2.05, 4.69) is 55.7 Å². The maximum Gasteiger partial charge on any atom is 0.255 e. The van der Waals surface area contributed by atoms with Crippen LogP contribution in [0.2, 0.25) is 0 Å². The smallest absolute Gasteiger partial charge is 0.255 e. The van der Waals surface area contributed by atoms with E-state index in [1.54, 1.807) is 10.7 Å². The van der Waals surface area contributed by atoms with E-state index in [9.17, 15) is 4.79 Å². The third kappa shape index (κ3) is 2.32. The predicted octanol–water partition coefficient (Wildman–Crippen LogP) is 1.83. The van der Waals surface area contributed by atoms with Crippen molar-refractivity contribution in [2.24, 2.45) is 5.92 Å². The van der Waals surface area contributed by atoms with Gasteiger partial charge in [0.2, 0.25) is 0 Å². The van der Waals surface area contributed by atoms with Crippen LogP contribution in [0.25, 0.3) is 5.65 Å². The van der Waals surface area contributed by atoms with Gasteiger partial charge in [0.1, 0.15) is 0 Å². The van der Waals surface area contributed by atoms with Crippen LogP contribution in [0.15, 0.2) is 48.7 Å². The Labute approximate surface area is 162 Å². The van der Waals surface area contributed by atoms with Gasteiger partial charge in [0, 0.05) is 24.7 Å². The number of fused-ring (bicyclic) bond motifs is 3. The largest absolute Gasteiger partial charge is 0.333 e. The highest BCUT2D eigenvalue weighted by Gasteiger charge is 2.54. The molecule has 0 saturated carbocycles. The van der Waals surface area contributed by atoms with E-state index >= 15 is 0 Å². The van der Waals surface area contributed by atoms with Gasteiger partial charge in [-0.2, -0.15) is 4.52 Å². The third-order valence-corrected chi connectivity index (χ3v) is 6.92. The summed E-state index contributed by atoms with van der Waals surface area (Å²) in [6.07, 6.45) is 4.14. The molecule has 2 aromatic heterocycles. The first-order valence-corrected chi connectivity index (χ1v) is 10.1.